The van der Waals surface area contributed by atoms with E-state index in [1.807, 2.05) is 6.07 Å². The number of rotatable bonds is 2. The number of aliphatic hydroxyl groups is 1. The Morgan fingerprint density at radius 3 is 2.57 bits per heavy atom. The number of benzene rings is 1. The van der Waals surface area contributed by atoms with Crippen LogP contribution in [-0.2, 0) is 5.41 Å². The Balaban J connectivity index is 1.77. The summed E-state index contributed by atoms with van der Waals surface area (Å²) in [7, 11) is 0. The minimum absolute atomic E-state index is 0.0149. The molecule has 21 heavy (non-hydrogen) atoms. The lowest BCUT2D eigenvalue weighted by Gasteiger charge is -2.34. The SMILES string of the molecule is CC(C)(C)c1ccc2c(c1)OC[C@@H](NC1CCCC1)[C@H]2O. The van der Waals surface area contributed by atoms with E-state index in [4.69, 9.17) is 4.74 Å². The Labute approximate surface area is 127 Å². The predicted octanol–water partition coefficient (Wildman–Crippen LogP) is 3.31. The van der Waals surface area contributed by atoms with E-state index in [1.165, 1.54) is 31.2 Å². The van der Waals surface area contributed by atoms with E-state index in [0.29, 0.717) is 12.6 Å². The summed E-state index contributed by atoms with van der Waals surface area (Å²) < 4.78 is 5.93. The van der Waals surface area contributed by atoms with Crippen LogP contribution in [-0.4, -0.2) is 23.8 Å². The van der Waals surface area contributed by atoms with Gasteiger partial charge in [0.05, 0.1) is 6.04 Å². The molecule has 3 nitrogen and oxygen atoms in total. The molecule has 1 aromatic rings. The van der Waals surface area contributed by atoms with Crippen LogP contribution in [0.3, 0.4) is 0 Å². The maximum Gasteiger partial charge on any atom is 0.125 e. The summed E-state index contributed by atoms with van der Waals surface area (Å²) in [5.41, 5.74) is 2.27. The third kappa shape index (κ3) is 3.09. The molecule has 0 radical (unpaired) electrons. The number of hydrogen-bond acceptors (Lipinski definition) is 3. The van der Waals surface area contributed by atoms with Gasteiger partial charge in [0, 0.05) is 11.6 Å². The van der Waals surface area contributed by atoms with E-state index >= 15 is 0 Å². The van der Waals surface area contributed by atoms with Gasteiger partial charge < -0.3 is 15.2 Å². The van der Waals surface area contributed by atoms with Crippen molar-refractivity contribution in [3.8, 4) is 5.75 Å². The van der Waals surface area contributed by atoms with Gasteiger partial charge in [0.1, 0.15) is 18.5 Å². The quantitative estimate of drug-likeness (QED) is 0.877. The Hall–Kier alpha value is -1.06. The van der Waals surface area contributed by atoms with Gasteiger partial charge in [-0.2, -0.15) is 0 Å². The zero-order chi connectivity index (χ0) is 15.0. The molecule has 1 aliphatic carbocycles. The zero-order valence-corrected chi connectivity index (χ0v) is 13.4. The molecule has 1 fully saturated rings. The van der Waals surface area contributed by atoms with Gasteiger partial charge in [-0.05, 0) is 29.9 Å². The van der Waals surface area contributed by atoms with Crippen molar-refractivity contribution in [2.24, 2.45) is 0 Å². The fourth-order valence-corrected chi connectivity index (χ4v) is 3.39. The van der Waals surface area contributed by atoms with Crippen LogP contribution in [0.2, 0.25) is 0 Å². The number of hydrogen-bond donors (Lipinski definition) is 2. The smallest absolute Gasteiger partial charge is 0.125 e. The van der Waals surface area contributed by atoms with E-state index < -0.39 is 6.10 Å². The molecular weight excluding hydrogens is 262 g/mol. The van der Waals surface area contributed by atoms with E-state index in [9.17, 15) is 5.11 Å². The van der Waals surface area contributed by atoms with Crippen LogP contribution in [0, 0.1) is 0 Å². The average molecular weight is 289 g/mol. The van der Waals surface area contributed by atoms with Crippen LogP contribution in [0.1, 0.15) is 63.7 Å². The standard InChI is InChI=1S/C18H27NO2/c1-18(2,3)12-8-9-14-16(10-12)21-11-15(17(14)20)19-13-6-4-5-7-13/h8-10,13,15,17,19-20H,4-7,11H2,1-3H3/t15-,17+/m1/s1. The van der Waals surface area contributed by atoms with Gasteiger partial charge in [-0.25, -0.2) is 0 Å². The molecule has 1 aromatic carbocycles. The van der Waals surface area contributed by atoms with Crippen LogP contribution >= 0.6 is 0 Å². The predicted molar refractivity (Wildman–Crippen MR) is 84.8 cm³/mol. The molecule has 0 spiro atoms. The van der Waals surface area contributed by atoms with Gasteiger partial charge in [-0.15, -0.1) is 0 Å². The summed E-state index contributed by atoms with van der Waals surface area (Å²) in [5.74, 6) is 0.847. The van der Waals surface area contributed by atoms with Crippen molar-refractivity contribution in [3.63, 3.8) is 0 Å². The second kappa shape index (κ2) is 5.62. The molecule has 116 valence electrons. The van der Waals surface area contributed by atoms with Crippen molar-refractivity contribution in [2.45, 2.75) is 70.1 Å². The first-order valence-corrected chi connectivity index (χ1v) is 8.16. The Bertz CT molecular complexity index is 500. The molecule has 0 aromatic heterocycles. The third-order valence-electron chi connectivity index (χ3n) is 4.80. The van der Waals surface area contributed by atoms with E-state index in [0.717, 1.165) is 11.3 Å². The average Bonchev–Trinajstić information content (AvgIpc) is 2.93. The minimum atomic E-state index is -0.469. The fourth-order valence-electron chi connectivity index (χ4n) is 3.39. The van der Waals surface area contributed by atoms with Crippen LogP contribution in [0.5, 0.6) is 5.75 Å². The van der Waals surface area contributed by atoms with Crippen LogP contribution in [0.15, 0.2) is 18.2 Å². The molecule has 2 N–H and O–H groups in total. The highest BCUT2D eigenvalue weighted by atomic mass is 16.5. The Morgan fingerprint density at radius 2 is 1.90 bits per heavy atom. The molecule has 0 amide bonds. The van der Waals surface area contributed by atoms with Crippen LogP contribution in [0.4, 0.5) is 0 Å². The minimum Gasteiger partial charge on any atom is -0.491 e. The summed E-state index contributed by atoms with van der Waals surface area (Å²) in [6.45, 7) is 7.13. The van der Waals surface area contributed by atoms with Crippen molar-refractivity contribution >= 4 is 0 Å². The van der Waals surface area contributed by atoms with Gasteiger partial charge in [0.2, 0.25) is 0 Å². The summed E-state index contributed by atoms with van der Waals surface area (Å²) in [4.78, 5) is 0. The molecule has 1 heterocycles. The summed E-state index contributed by atoms with van der Waals surface area (Å²) >= 11 is 0. The highest BCUT2D eigenvalue weighted by Crippen LogP contribution is 2.36. The maximum atomic E-state index is 10.6. The lowest BCUT2D eigenvalue weighted by atomic mass is 9.85. The monoisotopic (exact) mass is 289 g/mol. The molecule has 1 aliphatic heterocycles. The highest BCUT2D eigenvalue weighted by Gasteiger charge is 2.32. The highest BCUT2D eigenvalue weighted by molar-refractivity contribution is 5.43. The fraction of sp³-hybridized carbons (Fsp3) is 0.667. The number of nitrogens with one attached hydrogen (secondary N) is 1. The Kier molecular flexibility index (Phi) is 3.98. The normalized spacial score (nSPS) is 26.5. The number of aliphatic hydroxyl groups excluding tert-OH is 1. The molecule has 0 saturated heterocycles. The molecule has 3 rings (SSSR count). The molecule has 1 saturated carbocycles. The molecule has 0 bridgehead atoms. The zero-order valence-electron chi connectivity index (χ0n) is 13.4. The Morgan fingerprint density at radius 1 is 1.19 bits per heavy atom. The third-order valence-corrected chi connectivity index (χ3v) is 4.80. The number of ether oxygens (including phenoxy) is 1. The first kappa shape index (κ1) is 14.9. The van der Waals surface area contributed by atoms with Crippen LogP contribution in [0.25, 0.3) is 0 Å². The lowest BCUT2D eigenvalue weighted by Crippen LogP contribution is -2.46. The molecule has 2 atom stereocenters. The second-order valence-corrected chi connectivity index (χ2v) is 7.51. The van der Waals surface area contributed by atoms with Crippen molar-refractivity contribution in [1.82, 2.24) is 5.32 Å². The van der Waals surface area contributed by atoms with Gasteiger partial charge in [0.15, 0.2) is 0 Å². The molecule has 0 unspecified atom stereocenters. The maximum absolute atomic E-state index is 10.6. The van der Waals surface area contributed by atoms with Gasteiger partial charge in [0.25, 0.3) is 0 Å². The van der Waals surface area contributed by atoms with E-state index in [1.54, 1.807) is 0 Å². The van der Waals surface area contributed by atoms with Crippen LogP contribution < -0.4 is 10.1 Å². The second-order valence-electron chi connectivity index (χ2n) is 7.51. The van der Waals surface area contributed by atoms with Crippen molar-refractivity contribution < 1.29 is 9.84 Å². The molecule has 2 aliphatic rings. The first-order valence-electron chi connectivity index (χ1n) is 8.16. The first-order chi connectivity index (χ1) is 9.95. The van der Waals surface area contributed by atoms with Gasteiger partial charge >= 0.3 is 0 Å². The number of fused-ring (bicyclic) bond motifs is 1. The van der Waals surface area contributed by atoms with Crippen molar-refractivity contribution in [2.75, 3.05) is 6.61 Å². The van der Waals surface area contributed by atoms with E-state index in [2.05, 4.69) is 38.2 Å². The van der Waals surface area contributed by atoms with Crippen molar-refractivity contribution in [3.05, 3.63) is 29.3 Å². The summed E-state index contributed by atoms with van der Waals surface area (Å²) in [5, 5.41) is 14.2. The van der Waals surface area contributed by atoms with Gasteiger partial charge in [-0.3, -0.25) is 0 Å². The van der Waals surface area contributed by atoms with Gasteiger partial charge in [-0.1, -0.05) is 45.7 Å². The lowest BCUT2D eigenvalue weighted by molar-refractivity contribution is 0.0676. The summed E-state index contributed by atoms with van der Waals surface area (Å²) in [6, 6.07) is 6.79. The molecular formula is C18H27NO2. The summed E-state index contributed by atoms with van der Waals surface area (Å²) in [6.07, 6.45) is 4.57. The van der Waals surface area contributed by atoms with E-state index in [-0.39, 0.29) is 11.5 Å². The largest absolute Gasteiger partial charge is 0.491 e. The van der Waals surface area contributed by atoms with Crippen molar-refractivity contribution in [1.29, 1.82) is 0 Å². The topological polar surface area (TPSA) is 41.5 Å². The molecule has 3 heteroatoms.